The van der Waals surface area contributed by atoms with Crippen LogP contribution in [0.1, 0.15) is 24.2 Å². The summed E-state index contributed by atoms with van der Waals surface area (Å²) in [6.45, 7) is 4.00. The second-order valence-electron chi connectivity index (χ2n) is 2.65. The van der Waals surface area contributed by atoms with Gasteiger partial charge in [-0.15, -0.1) is 4.80 Å². The van der Waals surface area contributed by atoms with Crippen molar-refractivity contribution in [2.75, 3.05) is 0 Å². The largest absolute Gasteiger partial charge is 0.478 e. The number of aromatic carboxylic acids is 1. The molecule has 0 saturated carbocycles. The Labute approximate surface area is 96.7 Å². The van der Waals surface area contributed by atoms with E-state index in [1.54, 1.807) is 0 Å². The van der Waals surface area contributed by atoms with Crippen LogP contribution in [0.25, 0.3) is 5.82 Å². The Morgan fingerprint density at radius 3 is 2.41 bits per heavy atom. The van der Waals surface area contributed by atoms with Crippen LogP contribution in [0.5, 0.6) is 0 Å². The number of halogens is 1. The van der Waals surface area contributed by atoms with E-state index in [0.29, 0.717) is 0 Å². The van der Waals surface area contributed by atoms with Gasteiger partial charge in [-0.05, 0) is 6.07 Å². The van der Waals surface area contributed by atoms with Crippen LogP contribution in [0.4, 0.5) is 4.39 Å². The minimum absolute atomic E-state index is 0.134. The number of rotatable bonds is 2. The second-order valence-corrected chi connectivity index (χ2v) is 2.65. The number of hydrogen-bond donors (Lipinski definition) is 1. The molecule has 0 fully saturated rings. The third-order valence-corrected chi connectivity index (χ3v) is 1.68. The van der Waals surface area contributed by atoms with Gasteiger partial charge in [-0.1, -0.05) is 13.8 Å². The van der Waals surface area contributed by atoms with Crippen LogP contribution in [0.2, 0.25) is 0 Å². The normalized spacial score (nSPS) is 9.35. The molecule has 0 unspecified atom stereocenters. The van der Waals surface area contributed by atoms with Gasteiger partial charge in [-0.3, -0.25) is 0 Å². The van der Waals surface area contributed by atoms with E-state index >= 15 is 0 Å². The Hall–Kier alpha value is -2.31. The van der Waals surface area contributed by atoms with Crippen LogP contribution in [-0.2, 0) is 0 Å². The first-order chi connectivity index (χ1) is 8.18. The molecule has 2 aromatic heterocycles. The third-order valence-electron chi connectivity index (χ3n) is 1.68. The van der Waals surface area contributed by atoms with Gasteiger partial charge in [0.05, 0.1) is 18.0 Å². The molecule has 0 bridgehead atoms. The van der Waals surface area contributed by atoms with Crippen LogP contribution in [-0.4, -0.2) is 31.1 Å². The van der Waals surface area contributed by atoms with Crippen molar-refractivity contribution in [3.63, 3.8) is 0 Å². The van der Waals surface area contributed by atoms with Crippen LogP contribution in [0, 0.1) is 5.82 Å². The maximum absolute atomic E-state index is 13.3. The minimum Gasteiger partial charge on any atom is -0.478 e. The van der Waals surface area contributed by atoms with Gasteiger partial charge in [0.15, 0.2) is 5.82 Å². The fraction of sp³-hybridized carbons (Fsp3) is 0.200. The van der Waals surface area contributed by atoms with Crippen molar-refractivity contribution in [3.8, 4) is 5.82 Å². The molecule has 1 N–H and O–H groups in total. The van der Waals surface area contributed by atoms with Crippen molar-refractivity contribution in [1.29, 1.82) is 0 Å². The number of nitrogens with zero attached hydrogens (tertiary/aromatic N) is 4. The molecule has 0 amide bonds. The Balaban J connectivity index is 0.000000686. The molecule has 0 spiro atoms. The van der Waals surface area contributed by atoms with Gasteiger partial charge < -0.3 is 5.11 Å². The molecule has 6 nitrogen and oxygen atoms in total. The molecular formula is C10H11FN4O2. The lowest BCUT2D eigenvalue weighted by molar-refractivity contribution is 0.0696. The topological polar surface area (TPSA) is 80.9 Å². The van der Waals surface area contributed by atoms with Gasteiger partial charge in [-0.25, -0.2) is 14.2 Å². The average molecular weight is 238 g/mol. The quantitative estimate of drug-likeness (QED) is 0.857. The molecule has 7 heteroatoms. The summed E-state index contributed by atoms with van der Waals surface area (Å²) in [6.07, 6.45) is 3.78. The summed E-state index contributed by atoms with van der Waals surface area (Å²) < 4.78 is 13.3. The van der Waals surface area contributed by atoms with E-state index in [1.165, 1.54) is 12.4 Å². The monoisotopic (exact) mass is 238 g/mol. The number of carboxylic acids is 1. The van der Waals surface area contributed by atoms with Crippen LogP contribution in [0.3, 0.4) is 0 Å². The molecule has 17 heavy (non-hydrogen) atoms. The zero-order chi connectivity index (χ0) is 12.8. The Kier molecular flexibility index (Phi) is 4.27. The molecular weight excluding hydrogens is 227 g/mol. The summed E-state index contributed by atoms with van der Waals surface area (Å²) in [5.41, 5.74) is -0.219. The van der Waals surface area contributed by atoms with E-state index < -0.39 is 11.8 Å². The van der Waals surface area contributed by atoms with Crippen molar-refractivity contribution in [2.45, 2.75) is 13.8 Å². The van der Waals surface area contributed by atoms with Crippen molar-refractivity contribution in [3.05, 3.63) is 36.0 Å². The molecule has 0 saturated heterocycles. The first-order valence-corrected chi connectivity index (χ1v) is 4.94. The molecule has 0 aliphatic carbocycles. The summed E-state index contributed by atoms with van der Waals surface area (Å²) in [4.78, 5) is 15.1. The number of hydrogen-bond acceptors (Lipinski definition) is 4. The Morgan fingerprint density at radius 1 is 1.35 bits per heavy atom. The van der Waals surface area contributed by atoms with Crippen LogP contribution < -0.4 is 0 Å². The van der Waals surface area contributed by atoms with Gasteiger partial charge in [-0.2, -0.15) is 10.2 Å². The van der Waals surface area contributed by atoms with Crippen LogP contribution >= 0.6 is 0 Å². The number of aromatic nitrogens is 4. The highest BCUT2D eigenvalue weighted by atomic mass is 19.1. The number of pyridine rings is 1. The number of carbonyl (C=O) groups is 1. The maximum Gasteiger partial charge on any atom is 0.337 e. The molecule has 0 atom stereocenters. The first kappa shape index (κ1) is 12.8. The minimum atomic E-state index is -1.23. The van der Waals surface area contributed by atoms with Gasteiger partial charge >= 0.3 is 5.97 Å². The summed E-state index contributed by atoms with van der Waals surface area (Å²) in [7, 11) is 0. The first-order valence-electron chi connectivity index (χ1n) is 4.94. The lowest BCUT2D eigenvalue weighted by Crippen LogP contribution is -2.07. The summed E-state index contributed by atoms with van der Waals surface area (Å²) in [6, 6.07) is 0.869. The van der Waals surface area contributed by atoms with Crippen molar-refractivity contribution in [2.24, 2.45) is 0 Å². The van der Waals surface area contributed by atoms with Gasteiger partial charge in [0, 0.05) is 6.20 Å². The molecule has 0 aliphatic rings. The molecule has 2 heterocycles. The summed E-state index contributed by atoms with van der Waals surface area (Å²) >= 11 is 0. The zero-order valence-corrected chi connectivity index (χ0v) is 9.33. The van der Waals surface area contributed by atoms with Crippen LogP contribution in [0.15, 0.2) is 24.7 Å². The van der Waals surface area contributed by atoms with Crippen molar-refractivity contribution in [1.82, 2.24) is 20.0 Å². The highest BCUT2D eigenvalue weighted by Crippen LogP contribution is 2.09. The smallest absolute Gasteiger partial charge is 0.337 e. The van der Waals surface area contributed by atoms with Gasteiger partial charge in [0.2, 0.25) is 5.82 Å². The fourth-order valence-corrected chi connectivity index (χ4v) is 1.02. The van der Waals surface area contributed by atoms with E-state index in [-0.39, 0.29) is 11.4 Å². The van der Waals surface area contributed by atoms with E-state index in [2.05, 4.69) is 15.2 Å². The summed E-state index contributed by atoms with van der Waals surface area (Å²) in [5.74, 6) is -2.16. The SMILES string of the molecule is CC.O=C(O)c1cnc(-n2nccn2)c(F)c1. The van der Waals surface area contributed by atoms with Gasteiger partial charge in [0.1, 0.15) is 0 Å². The van der Waals surface area contributed by atoms with E-state index in [0.717, 1.165) is 17.1 Å². The Morgan fingerprint density at radius 2 is 1.94 bits per heavy atom. The second kappa shape index (κ2) is 5.69. The lowest BCUT2D eigenvalue weighted by atomic mass is 10.3. The molecule has 0 aliphatic heterocycles. The standard InChI is InChI=1S/C8H5FN4O2.C2H6/c9-6-3-5(8(14)15)4-10-7(6)13-11-1-2-12-13;1-2/h1-4H,(H,14,15);1-2H3. The molecule has 2 aromatic rings. The van der Waals surface area contributed by atoms with E-state index in [9.17, 15) is 9.18 Å². The summed E-state index contributed by atoms with van der Waals surface area (Å²) in [5, 5.41) is 15.9. The highest BCUT2D eigenvalue weighted by molar-refractivity contribution is 5.87. The van der Waals surface area contributed by atoms with Gasteiger partial charge in [0.25, 0.3) is 0 Å². The average Bonchev–Trinajstić information content (AvgIpc) is 2.85. The predicted octanol–water partition coefficient (Wildman–Crippen LogP) is 1.53. The van der Waals surface area contributed by atoms with E-state index in [4.69, 9.17) is 5.11 Å². The lowest BCUT2D eigenvalue weighted by Gasteiger charge is -2.00. The molecule has 2 rings (SSSR count). The van der Waals surface area contributed by atoms with Crippen molar-refractivity contribution >= 4 is 5.97 Å². The molecule has 0 aromatic carbocycles. The predicted molar refractivity (Wildman–Crippen MR) is 57.4 cm³/mol. The molecule has 90 valence electrons. The van der Waals surface area contributed by atoms with Crippen molar-refractivity contribution < 1.29 is 14.3 Å². The Bertz CT molecular complexity index is 499. The maximum atomic E-state index is 13.3. The number of carboxylic acid groups (broad SMARTS) is 1. The molecule has 0 radical (unpaired) electrons. The fourth-order valence-electron chi connectivity index (χ4n) is 1.02. The van der Waals surface area contributed by atoms with E-state index in [1.807, 2.05) is 13.8 Å². The third kappa shape index (κ3) is 2.83. The highest BCUT2D eigenvalue weighted by Gasteiger charge is 2.11. The zero-order valence-electron chi connectivity index (χ0n) is 9.33.